The number of carbonyl (C=O) groups is 1. The van der Waals surface area contributed by atoms with Crippen LogP contribution in [0, 0.1) is 18.6 Å². The molecule has 3 aliphatic rings. The van der Waals surface area contributed by atoms with Crippen LogP contribution in [0.15, 0.2) is 60.9 Å². The van der Waals surface area contributed by atoms with Gasteiger partial charge in [0.15, 0.2) is 11.5 Å². The van der Waals surface area contributed by atoms with Crippen LogP contribution in [0.1, 0.15) is 23.8 Å². The molecule has 8 heterocycles. The van der Waals surface area contributed by atoms with Gasteiger partial charge in [0.05, 0.1) is 53.3 Å². The molecule has 57 heavy (non-hydrogen) atoms. The maximum absolute atomic E-state index is 15.1. The first-order valence-corrected chi connectivity index (χ1v) is 18.7. The highest BCUT2D eigenvalue weighted by molar-refractivity contribution is 5.94. The second-order valence-corrected chi connectivity index (χ2v) is 14.7. The van der Waals surface area contributed by atoms with Crippen molar-refractivity contribution >= 4 is 39.6 Å². The zero-order valence-electron chi connectivity index (χ0n) is 31.3. The van der Waals surface area contributed by atoms with Crippen LogP contribution in [0.25, 0.3) is 39.0 Å². The minimum absolute atomic E-state index is 0.130. The summed E-state index contributed by atoms with van der Waals surface area (Å²) in [7, 11) is 3.39. The summed E-state index contributed by atoms with van der Waals surface area (Å²) >= 11 is 0. The number of fused-ring (bicyclic) bond motifs is 10. The molecule has 3 aliphatic heterocycles. The Balaban J connectivity index is 1.11. The van der Waals surface area contributed by atoms with Crippen LogP contribution in [-0.2, 0) is 29.0 Å². The van der Waals surface area contributed by atoms with Crippen molar-refractivity contribution < 1.29 is 23.0 Å². The molecule has 1 amide bonds. The average molecular weight is 774 g/mol. The molecule has 7 aromatic rings. The molecular formula is C39H37F2N13O3. The summed E-state index contributed by atoms with van der Waals surface area (Å²) in [4.78, 5) is 38.1. The molecule has 3 atom stereocenters. The van der Waals surface area contributed by atoms with Gasteiger partial charge in [-0.25, -0.2) is 38.1 Å². The standard InChI is InChI=1S/C39H37F2N13O3/c1-21-43-30-12-23(41)11-27-29-5-4-6-34(45-29)44-25-14-32(39(55)50(2)18-26(56-3)19-52(21)36(27)30)53(17-25)37-28-15-42-54-31-8-7-22(40)13-33(31)57-10-9-24-16-51(49-48-24)20-35(46-37)47-38(28)54/h4-8,11-13,15-16,25-26,32H,9-10,14,17-20H2,1-3H3,(H,44,45)/t25-,26-,32-/m0/s1. The van der Waals surface area contributed by atoms with E-state index in [1.807, 2.05) is 34.6 Å². The topological polar surface area (TPSA) is 159 Å². The molecule has 0 aliphatic carbocycles. The SMILES string of the molecule is CO[C@H]1CN(C)C(=O)[C@@H]2C[C@@H](CN2c2nc3nc4c2cnn4-c2ccc(F)cc2OCCc2cn(nn2)C3)Nc2cccc(n2)-c2cc(F)cc3nc(C)n(c23)C1. The fraction of sp³-hybridized carbons (Fsp3) is 0.333. The third-order valence-electron chi connectivity index (χ3n) is 10.9. The number of aryl methyl sites for hydroxylation is 1. The van der Waals surface area contributed by atoms with E-state index in [2.05, 4.69) is 15.6 Å². The lowest BCUT2D eigenvalue weighted by molar-refractivity contribution is -0.132. The number of hydrogen-bond donors (Lipinski definition) is 1. The predicted octanol–water partition coefficient (Wildman–Crippen LogP) is 3.93. The van der Waals surface area contributed by atoms with Gasteiger partial charge in [0.25, 0.3) is 0 Å². The molecule has 1 fully saturated rings. The summed E-state index contributed by atoms with van der Waals surface area (Å²) in [6.07, 6.45) is 3.90. The van der Waals surface area contributed by atoms with Crippen LogP contribution in [0.5, 0.6) is 5.75 Å². The van der Waals surface area contributed by atoms with Crippen molar-refractivity contribution in [2.24, 2.45) is 0 Å². The van der Waals surface area contributed by atoms with E-state index >= 15 is 4.39 Å². The Labute approximate surface area is 324 Å². The summed E-state index contributed by atoms with van der Waals surface area (Å²) in [5.41, 5.74) is 4.08. The highest BCUT2D eigenvalue weighted by Crippen LogP contribution is 2.36. The molecule has 2 aromatic carbocycles. The molecule has 0 spiro atoms. The van der Waals surface area contributed by atoms with Gasteiger partial charge in [-0.1, -0.05) is 11.3 Å². The number of benzene rings is 2. The molecule has 8 bridgehead atoms. The molecule has 18 heteroatoms. The van der Waals surface area contributed by atoms with E-state index in [1.165, 1.54) is 24.3 Å². The number of halogens is 2. The molecular weight excluding hydrogens is 737 g/mol. The predicted molar refractivity (Wildman–Crippen MR) is 204 cm³/mol. The van der Waals surface area contributed by atoms with E-state index in [0.29, 0.717) is 94.2 Å². The second-order valence-electron chi connectivity index (χ2n) is 14.7. The smallest absolute Gasteiger partial charge is 0.245 e. The number of nitrogens with one attached hydrogen (secondary N) is 1. The number of amides is 1. The number of likely N-dealkylation sites (N-methyl/N-ethyl adjacent to an activating group) is 1. The number of nitrogens with zero attached hydrogens (tertiary/aromatic N) is 12. The number of imidazole rings is 1. The Morgan fingerprint density at radius 1 is 1.00 bits per heavy atom. The van der Waals surface area contributed by atoms with Gasteiger partial charge >= 0.3 is 0 Å². The zero-order valence-corrected chi connectivity index (χ0v) is 31.3. The van der Waals surface area contributed by atoms with Crippen molar-refractivity contribution in [3.8, 4) is 22.7 Å². The maximum atomic E-state index is 15.1. The Morgan fingerprint density at radius 3 is 2.77 bits per heavy atom. The van der Waals surface area contributed by atoms with Crippen LogP contribution >= 0.6 is 0 Å². The summed E-state index contributed by atoms with van der Waals surface area (Å²) in [6, 6.07) is 11.9. The lowest BCUT2D eigenvalue weighted by atomic mass is 10.1. The minimum atomic E-state index is -0.662. The molecule has 0 saturated carbocycles. The first kappa shape index (κ1) is 34.9. The molecule has 16 nitrogen and oxygen atoms in total. The maximum Gasteiger partial charge on any atom is 0.245 e. The number of rotatable bonds is 2. The third-order valence-corrected chi connectivity index (χ3v) is 10.9. The summed E-state index contributed by atoms with van der Waals surface area (Å²) in [5, 5.41) is 17.5. The van der Waals surface area contributed by atoms with E-state index in [4.69, 9.17) is 34.5 Å². The van der Waals surface area contributed by atoms with Gasteiger partial charge in [0.1, 0.15) is 53.1 Å². The molecule has 1 saturated heterocycles. The number of pyridine rings is 1. The normalized spacial score (nSPS) is 19.7. The molecule has 10 rings (SSSR count). The highest BCUT2D eigenvalue weighted by Gasteiger charge is 2.41. The van der Waals surface area contributed by atoms with Gasteiger partial charge in [-0.3, -0.25) is 4.79 Å². The van der Waals surface area contributed by atoms with Crippen molar-refractivity contribution in [1.29, 1.82) is 0 Å². The Bertz CT molecular complexity index is 2710. The van der Waals surface area contributed by atoms with E-state index in [1.54, 1.807) is 46.9 Å². The van der Waals surface area contributed by atoms with Crippen LogP contribution < -0.4 is 15.0 Å². The van der Waals surface area contributed by atoms with Gasteiger partial charge in [0.2, 0.25) is 5.91 Å². The quantitative estimate of drug-likeness (QED) is 0.270. The molecule has 0 radical (unpaired) electrons. The second kappa shape index (κ2) is 13.6. The largest absolute Gasteiger partial charge is 0.491 e. The molecule has 1 N–H and O–H groups in total. The van der Waals surface area contributed by atoms with Crippen molar-refractivity contribution in [3.05, 3.63) is 89.9 Å². The Kier molecular flexibility index (Phi) is 8.31. The Hall–Kier alpha value is -6.56. The Morgan fingerprint density at radius 2 is 1.89 bits per heavy atom. The minimum Gasteiger partial charge on any atom is -0.491 e. The fourth-order valence-corrected chi connectivity index (χ4v) is 8.23. The number of aromatic nitrogens is 10. The van der Waals surface area contributed by atoms with Crippen molar-refractivity contribution in [2.75, 3.05) is 44.1 Å². The fourth-order valence-electron chi connectivity index (χ4n) is 8.23. The van der Waals surface area contributed by atoms with Crippen molar-refractivity contribution in [1.82, 2.24) is 54.2 Å². The van der Waals surface area contributed by atoms with E-state index in [0.717, 1.165) is 5.52 Å². The van der Waals surface area contributed by atoms with Crippen LogP contribution in [0.4, 0.5) is 20.4 Å². The third kappa shape index (κ3) is 6.16. The lowest BCUT2D eigenvalue weighted by Gasteiger charge is -2.31. The van der Waals surface area contributed by atoms with Crippen LogP contribution in [0.3, 0.4) is 0 Å². The van der Waals surface area contributed by atoms with Crippen LogP contribution in [-0.4, -0.2) is 112 Å². The number of carbonyl (C=O) groups excluding carboxylic acids is 1. The first-order chi connectivity index (χ1) is 27.7. The first-order valence-electron chi connectivity index (χ1n) is 18.7. The number of ether oxygens (including phenoxy) is 2. The van der Waals surface area contributed by atoms with Crippen molar-refractivity contribution in [3.63, 3.8) is 0 Å². The van der Waals surface area contributed by atoms with E-state index in [9.17, 15) is 9.18 Å². The van der Waals surface area contributed by atoms with E-state index < -0.39 is 23.8 Å². The van der Waals surface area contributed by atoms with E-state index in [-0.39, 0.29) is 31.6 Å². The average Bonchev–Trinajstić information content (AvgIpc) is 3.99. The summed E-state index contributed by atoms with van der Waals surface area (Å²) in [6.45, 7) is 3.31. The van der Waals surface area contributed by atoms with Crippen LogP contribution in [0.2, 0.25) is 0 Å². The number of methoxy groups -OCH3 is 1. The molecule has 5 aromatic heterocycles. The van der Waals surface area contributed by atoms with Gasteiger partial charge in [-0.05, 0) is 43.7 Å². The number of hydrogen-bond acceptors (Lipinski definition) is 12. The van der Waals surface area contributed by atoms with Gasteiger partial charge in [-0.15, -0.1) is 5.10 Å². The van der Waals surface area contributed by atoms with Crippen molar-refractivity contribution in [2.45, 2.75) is 51.0 Å². The van der Waals surface area contributed by atoms with Gasteiger partial charge in [0, 0.05) is 63.6 Å². The summed E-state index contributed by atoms with van der Waals surface area (Å²) < 4.78 is 47.0. The lowest BCUT2D eigenvalue weighted by Crippen LogP contribution is -2.47. The monoisotopic (exact) mass is 773 g/mol. The number of anilines is 2. The molecule has 0 unspecified atom stereocenters. The molecule has 290 valence electrons. The zero-order chi connectivity index (χ0) is 38.9. The summed E-state index contributed by atoms with van der Waals surface area (Å²) in [5.74, 6) is 1.47. The van der Waals surface area contributed by atoms with Gasteiger partial charge in [-0.2, -0.15) is 5.10 Å². The highest BCUT2D eigenvalue weighted by atomic mass is 19.1. The van der Waals surface area contributed by atoms with Gasteiger partial charge < -0.3 is 29.2 Å².